The SMILES string of the molecule is C[C@@H](C(=O)N1CCN([C@@H]2CCCN(C)C2)CC1)C1CCOCC1. The highest BCUT2D eigenvalue weighted by Crippen LogP contribution is 2.26. The fraction of sp³-hybridized carbons (Fsp3) is 0.944. The second-order valence-corrected chi connectivity index (χ2v) is 7.66. The molecule has 0 N–H and O–H groups in total. The van der Waals surface area contributed by atoms with Crippen LogP contribution in [-0.2, 0) is 9.53 Å². The number of likely N-dealkylation sites (N-methyl/N-ethyl adjacent to an activating group) is 1. The van der Waals surface area contributed by atoms with Crippen LogP contribution in [-0.4, -0.2) is 86.2 Å². The Kier molecular flexibility index (Phi) is 5.94. The Balaban J connectivity index is 1.47. The minimum atomic E-state index is 0.159. The second kappa shape index (κ2) is 7.95. The van der Waals surface area contributed by atoms with Gasteiger partial charge in [-0.25, -0.2) is 0 Å². The Morgan fingerprint density at radius 2 is 1.74 bits per heavy atom. The molecule has 3 saturated heterocycles. The van der Waals surface area contributed by atoms with Crippen molar-refractivity contribution >= 4 is 5.91 Å². The summed E-state index contributed by atoms with van der Waals surface area (Å²) in [5, 5.41) is 0. The Labute approximate surface area is 140 Å². The highest BCUT2D eigenvalue weighted by molar-refractivity contribution is 5.79. The van der Waals surface area contributed by atoms with Crippen molar-refractivity contribution in [2.24, 2.45) is 11.8 Å². The van der Waals surface area contributed by atoms with Crippen molar-refractivity contribution in [2.45, 2.75) is 38.6 Å². The molecule has 3 aliphatic heterocycles. The number of amides is 1. The first-order valence-electron chi connectivity index (χ1n) is 9.44. The van der Waals surface area contributed by atoms with Crippen molar-refractivity contribution in [3.63, 3.8) is 0 Å². The number of likely N-dealkylation sites (tertiary alicyclic amines) is 1. The van der Waals surface area contributed by atoms with Crippen LogP contribution in [0.2, 0.25) is 0 Å². The highest BCUT2D eigenvalue weighted by atomic mass is 16.5. The number of ether oxygens (including phenoxy) is 1. The molecule has 5 heteroatoms. The quantitative estimate of drug-likeness (QED) is 0.784. The summed E-state index contributed by atoms with van der Waals surface area (Å²) in [6.45, 7) is 10.1. The van der Waals surface area contributed by atoms with Crippen LogP contribution in [0, 0.1) is 11.8 Å². The summed E-state index contributed by atoms with van der Waals surface area (Å²) in [5.74, 6) is 1.05. The van der Waals surface area contributed by atoms with Crippen molar-refractivity contribution in [2.75, 3.05) is 59.5 Å². The Bertz CT molecular complexity index is 390. The number of rotatable bonds is 3. The van der Waals surface area contributed by atoms with E-state index in [4.69, 9.17) is 4.74 Å². The van der Waals surface area contributed by atoms with Gasteiger partial charge in [0.2, 0.25) is 5.91 Å². The number of carbonyl (C=O) groups is 1. The van der Waals surface area contributed by atoms with E-state index in [9.17, 15) is 4.79 Å². The molecular formula is C18H33N3O2. The molecule has 3 heterocycles. The van der Waals surface area contributed by atoms with E-state index in [2.05, 4.69) is 28.7 Å². The van der Waals surface area contributed by atoms with Crippen molar-refractivity contribution in [3.05, 3.63) is 0 Å². The minimum Gasteiger partial charge on any atom is -0.381 e. The van der Waals surface area contributed by atoms with Crippen molar-refractivity contribution in [3.8, 4) is 0 Å². The largest absolute Gasteiger partial charge is 0.381 e. The number of nitrogens with zero attached hydrogens (tertiary/aromatic N) is 3. The van der Waals surface area contributed by atoms with Gasteiger partial charge in [0.25, 0.3) is 0 Å². The van der Waals surface area contributed by atoms with Crippen LogP contribution in [0.3, 0.4) is 0 Å². The number of carbonyl (C=O) groups excluding carboxylic acids is 1. The molecule has 2 atom stereocenters. The lowest BCUT2D eigenvalue weighted by molar-refractivity contribution is -0.140. The molecule has 0 aromatic rings. The maximum Gasteiger partial charge on any atom is 0.225 e. The van der Waals surface area contributed by atoms with Gasteiger partial charge in [0, 0.05) is 57.9 Å². The fourth-order valence-corrected chi connectivity index (χ4v) is 4.45. The second-order valence-electron chi connectivity index (χ2n) is 7.66. The van der Waals surface area contributed by atoms with E-state index in [1.165, 1.54) is 25.9 Å². The molecule has 3 fully saturated rings. The van der Waals surface area contributed by atoms with E-state index < -0.39 is 0 Å². The van der Waals surface area contributed by atoms with Crippen molar-refractivity contribution in [1.29, 1.82) is 0 Å². The minimum absolute atomic E-state index is 0.159. The summed E-state index contributed by atoms with van der Waals surface area (Å²) in [7, 11) is 2.22. The Hall–Kier alpha value is -0.650. The van der Waals surface area contributed by atoms with Gasteiger partial charge in [-0.3, -0.25) is 9.69 Å². The van der Waals surface area contributed by atoms with Gasteiger partial charge in [-0.2, -0.15) is 0 Å². The van der Waals surface area contributed by atoms with Crippen LogP contribution in [0.25, 0.3) is 0 Å². The average molecular weight is 323 g/mol. The number of hydrogen-bond donors (Lipinski definition) is 0. The van der Waals surface area contributed by atoms with E-state index in [1.807, 2.05) is 0 Å². The lowest BCUT2D eigenvalue weighted by Gasteiger charge is -2.43. The Morgan fingerprint density at radius 3 is 2.39 bits per heavy atom. The predicted molar refractivity (Wildman–Crippen MR) is 91.4 cm³/mol. The number of hydrogen-bond acceptors (Lipinski definition) is 4. The molecule has 0 aromatic heterocycles. The highest BCUT2D eigenvalue weighted by Gasteiger charge is 2.32. The van der Waals surface area contributed by atoms with Crippen LogP contribution in [0.1, 0.15) is 32.6 Å². The van der Waals surface area contributed by atoms with Crippen LogP contribution in [0.15, 0.2) is 0 Å². The van der Waals surface area contributed by atoms with Crippen molar-refractivity contribution in [1.82, 2.24) is 14.7 Å². The molecular weight excluding hydrogens is 290 g/mol. The van der Waals surface area contributed by atoms with Crippen LogP contribution in [0.4, 0.5) is 0 Å². The molecule has 0 saturated carbocycles. The van der Waals surface area contributed by atoms with E-state index in [0.717, 1.165) is 52.2 Å². The van der Waals surface area contributed by atoms with E-state index in [1.54, 1.807) is 0 Å². The lowest BCUT2D eigenvalue weighted by Crippen LogP contribution is -2.56. The van der Waals surface area contributed by atoms with Gasteiger partial charge in [-0.15, -0.1) is 0 Å². The zero-order chi connectivity index (χ0) is 16.2. The summed E-state index contributed by atoms with van der Waals surface area (Å²) in [5.41, 5.74) is 0. The standard InChI is InChI=1S/C18H33N3O2/c1-15(16-5-12-23-13-6-16)18(22)21-10-8-20(9-11-21)17-4-3-7-19(2)14-17/h15-17H,3-14H2,1-2H3/t15-,17-/m1/s1. The summed E-state index contributed by atoms with van der Waals surface area (Å²) in [6.07, 6.45) is 4.71. The maximum absolute atomic E-state index is 12.8. The summed E-state index contributed by atoms with van der Waals surface area (Å²) in [6, 6.07) is 0.693. The molecule has 5 nitrogen and oxygen atoms in total. The first-order valence-corrected chi connectivity index (χ1v) is 9.44. The van der Waals surface area contributed by atoms with Crippen LogP contribution < -0.4 is 0 Å². The molecule has 0 unspecified atom stereocenters. The zero-order valence-corrected chi connectivity index (χ0v) is 14.9. The Morgan fingerprint density at radius 1 is 1.04 bits per heavy atom. The van der Waals surface area contributed by atoms with Gasteiger partial charge < -0.3 is 14.5 Å². The lowest BCUT2D eigenvalue weighted by atomic mass is 9.86. The van der Waals surface area contributed by atoms with E-state index in [0.29, 0.717) is 17.9 Å². The van der Waals surface area contributed by atoms with Crippen LogP contribution >= 0.6 is 0 Å². The molecule has 132 valence electrons. The smallest absolute Gasteiger partial charge is 0.225 e. The molecule has 3 rings (SSSR count). The first-order chi connectivity index (χ1) is 11.1. The van der Waals surface area contributed by atoms with E-state index in [-0.39, 0.29) is 5.92 Å². The summed E-state index contributed by atoms with van der Waals surface area (Å²) in [4.78, 5) is 20.0. The maximum atomic E-state index is 12.8. The zero-order valence-electron chi connectivity index (χ0n) is 14.9. The molecule has 0 spiro atoms. The number of piperazine rings is 1. The van der Waals surface area contributed by atoms with E-state index >= 15 is 0 Å². The summed E-state index contributed by atoms with van der Waals surface area (Å²) < 4.78 is 5.43. The van der Waals surface area contributed by atoms with Crippen LogP contribution in [0.5, 0.6) is 0 Å². The van der Waals surface area contributed by atoms with Gasteiger partial charge in [-0.1, -0.05) is 6.92 Å². The van der Waals surface area contributed by atoms with Gasteiger partial charge in [0.1, 0.15) is 0 Å². The fourth-order valence-electron chi connectivity index (χ4n) is 4.45. The third kappa shape index (κ3) is 4.25. The number of piperidine rings is 1. The average Bonchev–Trinajstić information content (AvgIpc) is 2.61. The van der Waals surface area contributed by atoms with Gasteiger partial charge >= 0.3 is 0 Å². The molecule has 1 amide bonds. The molecule has 0 radical (unpaired) electrons. The topological polar surface area (TPSA) is 36.0 Å². The molecule has 0 aliphatic carbocycles. The normalized spacial score (nSPS) is 30.3. The predicted octanol–water partition coefficient (Wildman–Crippen LogP) is 1.29. The summed E-state index contributed by atoms with van der Waals surface area (Å²) >= 11 is 0. The third-order valence-corrected chi connectivity index (χ3v) is 6.10. The van der Waals surface area contributed by atoms with Gasteiger partial charge in [0.05, 0.1) is 0 Å². The third-order valence-electron chi connectivity index (χ3n) is 6.10. The monoisotopic (exact) mass is 323 g/mol. The molecule has 0 bridgehead atoms. The van der Waals surface area contributed by atoms with Gasteiger partial charge in [-0.05, 0) is 45.2 Å². The van der Waals surface area contributed by atoms with Gasteiger partial charge in [0.15, 0.2) is 0 Å². The molecule has 3 aliphatic rings. The van der Waals surface area contributed by atoms with Crippen molar-refractivity contribution < 1.29 is 9.53 Å². The first kappa shape index (κ1) is 17.2. The molecule has 23 heavy (non-hydrogen) atoms. The molecule has 0 aromatic carbocycles.